The molecule has 1 aliphatic rings. The fraction of sp³-hybridized carbons (Fsp3) is 0.364. The number of thioether (sulfide) groups is 1. The van der Waals surface area contributed by atoms with Gasteiger partial charge in [0.05, 0.1) is 0 Å². The molecule has 3 rings (SSSR count). The second-order valence-electron chi connectivity index (χ2n) is 7.02. The first-order chi connectivity index (χ1) is 14.0. The lowest BCUT2D eigenvalue weighted by Gasteiger charge is -2.31. The van der Waals surface area contributed by atoms with Crippen LogP contribution in [-0.4, -0.2) is 42.1 Å². The van der Waals surface area contributed by atoms with E-state index in [9.17, 15) is 14.0 Å². The van der Waals surface area contributed by atoms with Crippen LogP contribution in [0.1, 0.15) is 29.6 Å². The van der Waals surface area contributed by atoms with E-state index < -0.39 is 0 Å². The third-order valence-electron chi connectivity index (χ3n) is 4.95. The van der Waals surface area contributed by atoms with Crippen LogP contribution in [0.15, 0.2) is 57.9 Å². The summed E-state index contributed by atoms with van der Waals surface area (Å²) in [6, 6.07) is 13.8. The van der Waals surface area contributed by atoms with Crippen molar-refractivity contribution in [1.29, 1.82) is 0 Å². The Morgan fingerprint density at radius 1 is 1.07 bits per heavy atom. The number of carbonyl (C=O) groups is 2. The number of nitrogens with zero attached hydrogens (tertiary/aromatic N) is 1. The average molecular weight is 479 g/mol. The summed E-state index contributed by atoms with van der Waals surface area (Å²) in [5.41, 5.74) is 0.676. The van der Waals surface area contributed by atoms with Crippen molar-refractivity contribution < 1.29 is 14.0 Å². The number of hydrogen-bond donors (Lipinski definition) is 1. The van der Waals surface area contributed by atoms with Crippen LogP contribution in [0.5, 0.6) is 0 Å². The molecule has 154 valence electrons. The van der Waals surface area contributed by atoms with E-state index in [0.717, 1.165) is 21.5 Å². The Balaban J connectivity index is 1.33. The molecule has 0 aromatic heterocycles. The van der Waals surface area contributed by atoms with E-state index >= 15 is 0 Å². The molecule has 4 nitrogen and oxygen atoms in total. The lowest BCUT2D eigenvalue weighted by Crippen LogP contribution is -2.43. The van der Waals surface area contributed by atoms with Crippen molar-refractivity contribution in [2.75, 3.05) is 25.4 Å². The standard InChI is InChI=1S/C22H24BrFN2O2S/c23-18-4-2-17(3-5-18)22(28)26-13-10-16(11-14-26)21(27)25-12-1-15-29-20-8-6-19(24)7-9-20/h2-9,16H,1,10-15H2,(H,25,27). The predicted octanol–water partition coefficient (Wildman–Crippen LogP) is 4.74. The molecule has 0 atom stereocenters. The van der Waals surface area contributed by atoms with Crippen LogP contribution >= 0.6 is 27.7 Å². The zero-order chi connectivity index (χ0) is 20.6. The summed E-state index contributed by atoms with van der Waals surface area (Å²) in [6.07, 6.45) is 2.24. The smallest absolute Gasteiger partial charge is 0.253 e. The van der Waals surface area contributed by atoms with Crippen LogP contribution in [0.2, 0.25) is 0 Å². The minimum atomic E-state index is -0.230. The van der Waals surface area contributed by atoms with Gasteiger partial charge in [0.25, 0.3) is 5.91 Å². The summed E-state index contributed by atoms with van der Waals surface area (Å²) in [4.78, 5) is 27.8. The molecule has 0 radical (unpaired) electrons. The molecule has 2 aromatic rings. The highest BCUT2D eigenvalue weighted by molar-refractivity contribution is 9.10. The molecule has 0 spiro atoms. The Bertz CT molecular complexity index is 822. The molecule has 0 saturated carbocycles. The number of carbonyl (C=O) groups excluding carboxylic acids is 2. The number of rotatable bonds is 7. The fourth-order valence-corrected chi connectivity index (χ4v) is 4.39. The van der Waals surface area contributed by atoms with Crippen molar-refractivity contribution in [3.8, 4) is 0 Å². The van der Waals surface area contributed by atoms with E-state index in [0.29, 0.717) is 38.0 Å². The molecular weight excluding hydrogens is 455 g/mol. The zero-order valence-corrected chi connectivity index (χ0v) is 18.5. The van der Waals surface area contributed by atoms with Gasteiger partial charge < -0.3 is 10.2 Å². The zero-order valence-electron chi connectivity index (χ0n) is 16.1. The molecule has 1 saturated heterocycles. The summed E-state index contributed by atoms with van der Waals surface area (Å²) in [6.45, 7) is 1.84. The highest BCUT2D eigenvalue weighted by Gasteiger charge is 2.27. The summed E-state index contributed by atoms with van der Waals surface area (Å²) in [7, 11) is 0. The van der Waals surface area contributed by atoms with Gasteiger partial charge in [0.15, 0.2) is 0 Å². The van der Waals surface area contributed by atoms with E-state index in [4.69, 9.17) is 0 Å². The van der Waals surface area contributed by atoms with Crippen LogP contribution in [0.3, 0.4) is 0 Å². The fourth-order valence-electron chi connectivity index (χ4n) is 3.27. The highest BCUT2D eigenvalue weighted by atomic mass is 79.9. The summed E-state index contributed by atoms with van der Waals surface area (Å²) < 4.78 is 13.8. The molecule has 7 heteroatoms. The molecule has 1 heterocycles. The molecule has 2 amide bonds. The van der Waals surface area contributed by atoms with Gasteiger partial charge in [-0.05, 0) is 73.5 Å². The highest BCUT2D eigenvalue weighted by Crippen LogP contribution is 2.21. The van der Waals surface area contributed by atoms with E-state index in [1.807, 2.05) is 29.2 Å². The maximum absolute atomic E-state index is 12.9. The van der Waals surface area contributed by atoms with Crippen LogP contribution in [0.25, 0.3) is 0 Å². The number of hydrogen-bond acceptors (Lipinski definition) is 3. The molecule has 0 unspecified atom stereocenters. The van der Waals surface area contributed by atoms with Crippen molar-refractivity contribution in [2.45, 2.75) is 24.2 Å². The number of halogens is 2. The van der Waals surface area contributed by atoms with E-state index in [1.54, 1.807) is 23.9 Å². The lowest BCUT2D eigenvalue weighted by molar-refractivity contribution is -0.126. The van der Waals surface area contributed by atoms with Crippen molar-refractivity contribution in [3.63, 3.8) is 0 Å². The Hall–Kier alpha value is -1.86. The first-order valence-electron chi connectivity index (χ1n) is 9.74. The molecular formula is C22H24BrFN2O2S. The van der Waals surface area contributed by atoms with Crippen LogP contribution < -0.4 is 5.32 Å². The Morgan fingerprint density at radius 3 is 2.38 bits per heavy atom. The van der Waals surface area contributed by atoms with Gasteiger partial charge in [0.1, 0.15) is 5.82 Å². The lowest BCUT2D eigenvalue weighted by atomic mass is 9.95. The van der Waals surface area contributed by atoms with Crippen LogP contribution in [0.4, 0.5) is 4.39 Å². The largest absolute Gasteiger partial charge is 0.356 e. The Labute approximate surface area is 183 Å². The number of amides is 2. The second kappa shape index (κ2) is 10.8. The first-order valence-corrected chi connectivity index (χ1v) is 11.5. The first kappa shape index (κ1) is 21.8. The van der Waals surface area contributed by atoms with Gasteiger partial charge in [0.2, 0.25) is 5.91 Å². The second-order valence-corrected chi connectivity index (χ2v) is 9.10. The van der Waals surface area contributed by atoms with Gasteiger partial charge in [-0.15, -0.1) is 11.8 Å². The van der Waals surface area contributed by atoms with E-state index in [1.165, 1.54) is 12.1 Å². The normalized spacial score (nSPS) is 14.6. The number of benzene rings is 2. The quantitative estimate of drug-likeness (QED) is 0.461. The minimum absolute atomic E-state index is 0.0224. The van der Waals surface area contributed by atoms with E-state index in [-0.39, 0.29) is 23.5 Å². The predicted molar refractivity (Wildman–Crippen MR) is 118 cm³/mol. The van der Waals surface area contributed by atoms with Crippen molar-refractivity contribution >= 4 is 39.5 Å². The number of piperidine rings is 1. The van der Waals surface area contributed by atoms with Crippen molar-refractivity contribution in [3.05, 3.63) is 64.4 Å². The summed E-state index contributed by atoms with van der Waals surface area (Å²) >= 11 is 5.03. The third kappa shape index (κ3) is 6.57. The van der Waals surface area contributed by atoms with Gasteiger partial charge >= 0.3 is 0 Å². The molecule has 1 N–H and O–H groups in total. The number of likely N-dealkylation sites (tertiary alicyclic amines) is 1. The Morgan fingerprint density at radius 2 is 1.72 bits per heavy atom. The molecule has 29 heavy (non-hydrogen) atoms. The minimum Gasteiger partial charge on any atom is -0.356 e. The monoisotopic (exact) mass is 478 g/mol. The number of nitrogens with one attached hydrogen (secondary N) is 1. The average Bonchev–Trinajstić information content (AvgIpc) is 2.75. The van der Waals surface area contributed by atoms with Crippen molar-refractivity contribution in [2.24, 2.45) is 5.92 Å². The summed E-state index contributed by atoms with van der Waals surface area (Å²) in [5.74, 6) is 0.702. The Kier molecular flexibility index (Phi) is 8.12. The van der Waals surface area contributed by atoms with Gasteiger partial charge in [-0.25, -0.2) is 4.39 Å². The van der Waals surface area contributed by atoms with Gasteiger partial charge in [-0.2, -0.15) is 0 Å². The van der Waals surface area contributed by atoms with Crippen LogP contribution in [-0.2, 0) is 4.79 Å². The molecule has 0 aliphatic carbocycles. The maximum Gasteiger partial charge on any atom is 0.253 e. The summed E-state index contributed by atoms with van der Waals surface area (Å²) in [5, 5.41) is 3.01. The SMILES string of the molecule is O=C(NCCCSc1ccc(F)cc1)C1CCN(C(=O)c2ccc(Br)cc2)CC1. The maximum atomic E-state index is 12.9. The van der Waals surface area contributed by atoms with Gasteiger partial charge in [0, 0.05) is 40.5 Å². The molecule has 1 aliphatic heterocycles. The van der Waals surface area contributed by atoms with Gasteiger partial charge in [-0.1, -0.05) is 15.9 Å². The van der Waals surface area contributed by atoms with Crippen LogP contribution in [0, 0.1) is 11.7 Å². The molecule has 2 aromatic carbocycles. The molecule has 1 fully saturated rings. The molecule has 0 bridgehead atoms. The van der Waals surface area contributed by atoms with Gasteiger partial charge in [-0.3, -0.25) is 9.59 Å². The van der Waals surface area contributed by atoms with Crippen molar-refractivity contribution in [1.82, 2.24) is 10.2 Å². The topological polar surface area (TPSA) is 49.4 Å². The third-order valence-corrected chi connectivity index (χ3v) is 6.57. The van der Waals surface area contributed by atoms with E-state index in [2.05, 4.69) is 21.2 Å².